The Morgan fingerprint density at radius 3 is 1.86 bits per heavy atom. The largest absolute Gasteiger partial charge is 0.507 e. The SMILES string of the molecule is C.CC(C)=O.CC1(C)N=c2ccc3c(O)c4ccccc4c(O)c3c2=N1.Nc1ccc2c(c1N)C(=O)c1ccccc1C2=O. The summed E-state index contributed by atoms with van der Waals surface area (Å²) >= 11 is 0. The van der Waals surface area contributed by atoms with E-state index in [0.29, 0.717) is 49.3 Å². The van der Waals surface area contributed by atoms with Crippen LogP contribution in [0.4, 0.5) is 11.4 Å². The Morgan fingerprint density at radius 1 is 0.705 bits per heavy atom. The van der Waals surface area contributed by atoms with E-state index < -0.39 is 5.66 Å². The molecule has 2 aliphatic rings. The average molecular weight is 591 g/mol. The van der Waals surface area contributed by atoms with Crippen LogP contribution in [0.3, 0.4) is 0 Å². The van der Waals surface area contributed by atoms with Gasteiger partial charge in [0.25, 0.3) is 0 Å². The first kappa shape index (κ1) is 31.4. The first-order valence-corrected chi connectivity index (χ1v) is 13.5. The maximum Gasteiger partial charge on any atom is 0.196 e. The lowest BCUT2D eigenvalue weighted by Crippen LogP contribution is -2.22. The van der Waals surface area contributed by atoms with E-state index in [1.165, 1.54) is 13.8 Å². The second-order valence-electron chi connectivity index (χ2n) is 10.9. The Kier molecular flexibility index (Phi) is 8.27. The van der Waals surface area contributed by atoms with E-state index in [0.717, 1.165) is 5.36 Å². The summed E-state index contributed by atoms with van der Waals surface area (Å²) in [5.74, 6) is 0.0462. The van der Waals surface area contributed by atoms with Gasteiger partial charge in [0, 0.05) is 32.8 Å². The van der Waals surface area contributed by atoms with E-state index in [1.807, 2.05) is 32.0 Å². The second-order valence-corrected chi connectivity index (χ2v) is 10.9. The highest BCUT2D eigenvalue weighted by atomic mass is 16.3. The normalized spacial score (nSPS) is 13.5. The number of phenols is 2. The van der Waals surface area contributed by atoms with Crippen molar-refractivity contribution in [3.05, 3.63) is 106 Å². The molecule has 0 amide bonds. The van der Waals surface area contributed by atoms with Gasteiger partial charge in [-0.2, -0.15) is 0 Å². The van der Waals surface area contributed by atoms with E-state index >= 15 is 0 Å². The number of hydrogen-bond donors (Lipinski definition) is 4. The van der Waals surface area contributed by atoms with Crippen molar-refractivity contribution in [2.75, 3.05) is 11.5 Å². The number of carbonyl (C=O) groups is 3. The number of anilines is 2. The highest BCUT2D eigenvalue weighted by molar-refractivity contribution is 6.30. The van der Waals surface area contributed by atoms with Crippen molar-refractivity contribution in [2.24, 2.45) is 9.98 Å². The van der Waals surface area contributed by atoms with Crippen molar-refractivity contribution in [1.29, 1.82) is 0 Å². The fourth-order valence-corrected chi connectivity index (χ4v) is 5.22. The summed E-state index contributed by atoms with van der Waals surface area (Å²) < 4.78 is 0. The van der Waals surface area contributed by atoms with Gasteiger partial charge in [-0.15, -0.1) is 0 Å². The minimum Gasteiger partial charge on any atom is -0.507 e. The summed E-state index contributed by atoms with van der Waals surface area (Å²) in [4.78, 5) is 43.2. The lowest BCUT2D eigenvalue weighted by Gasteiger charge is -2.19. The molecule has 0 atom stereocenters. The molecule has 7 rings (SSSR count). The van der Waals surface area contributed by atoms with Gasteiger partial charge < -0.3 is 26.5 Å². The van der Waals surface area contributed by atoms with Crippen molar-refractivity contribution in [3.63, 3.8) is 0 Å². The van der Waals surface area contributed by atoms with Crippen LogP contribution in [0.25, 0.3) is 21.5 Å². The fourth-order valence-electron chi connectivity index (χ4n) is 5.22. The van der Waals surface area contributed by atoms with E-state index in [1.54, 1.807) is 54.6 Å². The number of nitrogen functional groups attached to an aromatic ring is 2. The van der Waals surface area contributed by atoms with Gasteiger partial charge in [0.15, 0.2) is 11.6 Å². The number of nitrogens with two attached hydrogens (primary N) is 2. The van der Waals surface area contributed by atoms with Crippen LogP contribution in [0.5, 0.6) is 11.5 Å². The molecule has 1 heterocycles. The van der Waals surface area contributed by atoms with Crippen LogP contribution in [-0.2, 0) is 4.79 Å². The highest BCUT2D eigenvalue weighted by Crippen LogP contribution is 2.39. The third kappa shape index (κ3) is 5.35. The summed E-state index contributed by atoms with van der Waals surface area (Å²) in [6.45, 7) is 6.88. The van der Waals surface area contributed by atoms with Crippen molar-refractivity contribution in [2.45, 2.75) is 40.8 Å². The van der Waals surface area contributed by atoms with Gasteiger partial charge in [-0.05, 0) is 52.0 Å². The maximum atomic E-state index is 12.3. The van der Waals surface area contributed by atoms with Gasteiger partial charge in [0.2, 0.25) is 0 Å². The van der Waals surface area contributed by atoms with Crippen molar-refractivity contribution in [3.8, 4) is 11.5 Å². The number of phenolic OH excluding ortho intramolecular Hbond substituents is 2. The van der Waals surface area contributed by atoms with E-state index in [-0.39, 0.29) is 47.5 Å². The number of hydrogen-bond acceptors (Lipinski definition) is 9. The molecule has 5 aromatic carbocycles. The molecule has 9 nitrogen and oxygen atoms in total. The third-order valence-electron chi connectivity index (χ3n) is 7.03. The summed E-state index contributed by atoms with van der Waals surface area (Å²) in [7, 11) is 0. The first-order valence-electron chi connectivity index (χ1n) is 13.5. The minimum absolute atomic E-state index is 0. The molecule has 1 aliphatic heterocycles. The Morgan fingerprint density at radius 2 is 1.25 bits per heavy atom. The average Bonchev–Trinajstić information content (AvgIpc) is 3.29. The number of Topliss-reactive ketones (excluding diaryl/α,β-unsaturated/α-hetero) is 1. The van der Waals surface area contributed by atoms with Gasteiger partial charge in [0.05, 0.1) is 33.0 Å². The Balaban J connectivity index is 0.000000177. The number of aromatic hydroxyl groups is 2. The predicted octanol–water partition coefficient (Wildman–Crippen LogP) is 5.25. The van der Waals surface area contributed by atoms with E-state index in [9.17, 15) is 24.6 Å². The number of ketones is 3. The molecule has 0 spiro atoms. The molecule has 0 fully saturated rings. The van der Waals surface area contributed by atoms with Gasteiger partial charge in [-0.1, -0.05) is 56.0 Å². The Labute approximate surface area is 254 Å². The molecule has 0 saturated carbocycles. The molecule has 0 unspecified atom stereocenters. The number of benzene rings is 5. The van der Waals surface area contributed by atoms with E-state index in [4.69, 9.17) is 11.5 Å². The summed E-state index contributed by atoms with van der Waals surface area (Å²) in [6.07, 6.45) is 0. The summed E-state index contributed by atoms with van der Waals surface area (Å²) in [5.41, 5.74) is 12.8. The monoisotopic (exact) mass is 590 g/mol. The van der Waals surface area contributed by atoms with Crippen LogP contribution >= 0.6 is 0 Å². The zero-order valence-corrected chi connectivity index (χ0v) is 24.1. The van der Waals surface area contributed by atoms with E-state index in [2.05, 4.69) is 9.98 Å². The molecule has 5 aromatic rings. The van der Waals surface area contributed by atoms with Crippen LogP contribution in [0.1, 0.15) is 67.0 Å². The van der Waals surface area contributed by atoms with Crippen LogP contribution in [-0.4, -0.2) is 33.2 Å². The maximum absolute atomic E-state index is 12.3. The fraction of sp³-hybridized carbons (Fsp3) is 0.171. The molecule has 224 valence electrons. The van der Waals surface area contributed by atoms with Crippen LogP contribution < -0.4 is 22.2 Å². The van der Waals surface area contributed by atoms with Gasteiger partial charge in [-0.25, -0.2) is 0 Å². The van der Waals surface area contributed by atoms with Gasteiger partial charge in [-0.3, -0.25) is 19.6 Å². The first-order chi connectivity index (χ1) is 20.3. The highest BCUT2D eigenvalue weighted by Gasteiger charge is 2.31. The standard InChI is InChI=1S/C17H14N2O2.C14H10N2O2.C3H6O.CH4/c1-17(2)18-12-8-7-11-13(14(12)19-17)16(21)10-6-4-3-5-9(10)15(11)20;15-10-6-5-9-11(12(10)16)14(18)8-4-2-1-3-7(8)13(9)17;1-3(2)4;/h3-8,20-21H,1-2H3;1-6H,15-16H2;1-2H3;1H4. The molecule has 0 bridgehead atoms. The molecule has 6 N–H and O–H groups in total. The Bertz CT molecular complexity index is 2130. The van der Waals surface area contributed by atoms with Crippen molar-refractivity contribution in [1.82, 2.24) is 0 Å². The molecule has 44 heavy (non-hydrogen) atoms. The van der Waals surface area contributed by atoms with Crippen molar-refractivity contribution < 1.29 is 24.6 Å². The minimum atomic E-state index is -0.537. The molecule has 0 saturated heterocycles. The van der Waals surface area contributed by atoms with Gasteiger partial charge >= 0.3 is 0 Å². The molecule has 0 aromatic heterocycles. The summed E-state index contributed by atoms with van der Waals surface area (Å²) in [5, 5.41) is 25.0. The number of nitrogens with zero attached hydrogens (tertiary/aromatic N) is 2. The zero-order valence-electron chi connectivity index (χ0n) is 24.1. The lowest BCUT2D eigenvalue weighted by atomic mass is 9.83. The Hall–Kier alpha value is -5.57. The topological polar surface area (TPSA) is 168 Å². The summed E-state index contributed by atoms with van der Waals surface area (Å²) in [6, 6.07) is 20.7. The molecular weight excluding hydrogens is 556 g/mol. The van der Waals surface area contributed by atoms with Gasteiger partial charge in [0.1, 0.15) is 22.9 Å². The smallest absolute Gasteiger partial charge is 0.196 e. The van der Waals surface area contributed by atoms with Crippen LogP contribution in [0.2, 0.25) is 0 Å². The quantitative estimate of drug-likeness (QED) is 0.106. The third-order valence-corrected chi connectivity index (χ3v) is 7.03. The predicted molar refractivity (Wildman–Crippen MR) is 173 cm³/mol. The second kappa shape index (κ2) is 11.6. The van der Waals surface area contributed by atoms with Crippen LogP contribution in [0, 0.1) is 0 Å². The number of rotatable bonds is 0. The molecule has 0 radical (unpaired) electrons. The molecular formula is C35H34N4O5. The number of carbonyl (C=O) groups excluding carboxylic acids is 3. The lowest BCUT2D eigenvalue weighted by molar-refractivity contribution is -0.115. The molecule has 9 heteroatoms. The zero-order chi connectivity index (χ0) is 31.2. The van der Waals surface area contributed by atoms with Crippen LogP contribution in [0.15, 0.2) is 82.8 Å². The number of fused-ring (bicyclic) bond motifs is 6. The molecule has 1 aliphatic carbocycles. The van der Waals surface area contributed by atoms with Crippen molar-refractivity contribution >= 4 is 50.3 Å².